The molecular formula is C12H15N2O2S-. The summed E-state index contributed by atoms with van der Waals surface area (Å²) in [5, 5.41) is 0. The zero-order valence-corrected chi connectivity index (χ0v) is 10.6. The normalized spacial score (nSPS) is 19.1. The molecule has 1 aromatic carbocycles. The van der Waals surface area contributed by atoms with Gasteiger partial charge >= 0.3 is 0 Å². The first-order valence-corrected chi connectivity index (χ1v) is 7.00. The van der Waals surface area contributed by atoms with Gasteiger partial charge in [-0.3, -0.25) is 4.21 Å². The number of aryl methyl sites for hydroxylation is 1. The van der Waals surface area contributed by atoms with Crippen molar-refractivity contribution in [1.29, 1.82) is 0 Å². The van der Waals surface area contributed by atoms with E-state index in [1.807, 2.05) is 6.92 Å². The maximum absolute atomic E-state index is 10.9. The summed E-state index contributed by atoms with van der Waals surface area (Å²) >= 11 is -2.24. The number of nitrogens with one attached hydrogen (secondary N) is 1. The largest absolute Gasteiger partial charge is 0.755 e. The Hall–Kier alpha value is -1.07. The van der Waals surface area contributed by atoms with Gasteiger partial charge in [0.25, 0.3) is 0 Å². The summed E-state index contributed by atoms with van der Waals surface area (Å²) in [7, 11) is 0. The second-order valence-corrected chi connectivity index (χ2v) is 5.41. The molecule has 92 valence electrons. The van der Waals surface area contributed by atoms with Gasteiger partial charge in [-0.15, -0.1) is 0 Å². The van der Waals surface area contributed by atoms with Gasteiger partial charge < -0.3 is 14.2 Å². The van der Waals surface area contributed by atoms with Gasteiger partial charge in [0.2, 0.25) is 0 Å². The van der Waals surface area contributed by atoms with E-state index in [1.54, 1.807) is 0 Å². The fraction of sp³-hybridized carbons (Fsp3) is 0.500. The standard InChI is InChI=1S/C12H16N2O2S/c1-8-7-9-4-6-14-5-2-3-10(12(9)14)11(8)13-17(15)16/h7,13H,2-6H2,1H3,(H,15,16)/p-1. The van der Waals surface area contributed by atoms with Crippen molar-refractivity contribution in [2.45, 2.75) is 26.2 Å². The number of anilines is 2. The predicted octanol–water partition coefficient (Wildman–Crippen LogP) is 1.51. The molecule has 1 atom stereocenters. The van der Waals surface area contributed by atoms with E-state index in [0.717, 1.165) is 43.6 Å². The Balaban J connectivity index is 2.16. The highest BCUT2D eigenvalue weighted by Crippen LogP contribution is 2.41. The quantitative estimate of drug-likeness (QED) is 0.811. The first kappa shape index (κ1) is 11.0. The van der Waals surface area contributed by atoms with Crippen molar-refractivity contribution in [2.24, 2.45) is 0 Å². The fourth-order valence-corrected chi connectivity index (χ4v) is 3.49. The Labute approximate surface area is 103 Å². The monoisotopic (exact) mass is 251 g/mol. The van der Waals surface area contributed by atoms with E-state index in [9.17, 15) is 8.76 Å². The van der Waals surface area contributed by atoms with Crippen LogP contribution in [0.4, 0.5) is 11.4 Å². The van der Waals surface area contributed by atoms with Crippen molar-refractivity contribution in [3.05, 3.63) is 22.8 Å². The Morgan fingerprint density at radius 2 is 2.24 bits per heavy atom. The van der Waals surface area contributed by atoms with Crippen LogP contribution in [0.2, 0.25) is 0 Å². The van der Waals surface area contributed by atoms with Crippen molar-refractivity contribution in [3.8, 4) is 0 Å². The molecule has 0 fully saturated rings. The summed E-state index contributed by atoms with van der Waals surface area (Å²) < 4.78 is 24.3. The van der Waals surface area contributed by atoms with Crippen LogP contribution >= 0.6 is 0 Å². The van der Waals surface area contributed by atoms with Crippen LogP contribution in [0.1, 0.15) is 23.1 Å². The molecule has 0 radical (unpaired) electrons. The predicted molar refractivity (Wildman–Crippen MR) is 68.0 cm³/mol. The van der Waals surface area contributed by atoms with Crippen molar-refractivity contribution >= 4 is 22.6 Å². The van der Waals surface area contributed by atoms with Crippen LogP contribution in [-0.4, -0.2) is 21.9 Å². The van der Waals surface area contributed by atoms with Gasteiger partial charge in [0, 0.05) is 35.6 Å². The second kappa shape index (κ2) is 3.99. The zero-order chi connectivity index (χ0) is 12.0. The lowest BCUT2D eigenvalue weighted by Gasteiger charge is -2.30. The van der Waals surface area contributed by atoms with Gasteiger partial charge in [-0.2, -0.15) is 0 Å². The Morgan fingerprint density at radius 3 is 3.00 bits per heavy atom. The lowest BCUT2D eigenvalue weighted by molar-refractivity contribution is 0.542. The third-order valence-electron chi connectivity index (χ3n) is 3.68. The third kappa shape index (κ3) is 1.73. The molecule has 0 saturated carbocycles. The van der Waals surface area contributed by atoms with E-state index in [1.165, 1.54) is 16.8 Å². The molecule has 2 aliphatic rings. The number of hydrogen-bond donors (Lipinski definition) is 1. The summed E-state index contributed by atoms with van der Waals surface area (Å²) in [5.41, 5.74) is 5.68. The summed E-state index contributed by atoms with van der Waals surface area (Å²) in [6, 6.07) is 2.12. The topological polar surface area (TPSA) is 55.4 Å². The molecule has 0 amide bonds. The van der Waals surface area contributed by atoms with Crippen molar-refractivity contribution < 1.29 is 8.76 Å². The summed E-state index contributed by atoms with van der Waals surface area (Å²) in [6.07, 6.45) is 3.17. The molecule has 2 heterocycles. The molecule has 0 aliphatic carbocycles. The van der Waals surface area contributed by atoms with Gasteiger partial charge in [0.05, 0.1) is 5.69 Å². The Kier molecular flexibility index (Phi) is 2.60. The van der Waals surface area contributed by atoms with E-state index in [4.69, 9.17) is 0 Å². The molecular weight excluding hydrogens is 236 g/mol. The van der Waals surface area contributed by atoms with Gasteiger partial charge in [0.15, 0.2) is 0 Å². The van der Waals surface area contributed by atoms with Crippen LogP contribution in [0.25, 0.3) is 0 Å². The number of nitrogens with zero attached hydrogens (tertiary/aromatic N) is 1. The minimum absolute atomic E-state index is 0.795. The number of hydrogen-bond acceptors (Lipinski definition) is 3. The minimum atomic E-state index is -2.24. The molecule has 0 aromatic heterocycles. The average molecular weight is 251 g/mol. The fourth-order valence-electron chi connectivity index (χ4n) is 3.04. The lowest BCUT2D eigenvalue weighted by atomic mass is 9.95. The van der Waals surface area contributed by atoms with E-state index in [-0.39, 0.29) is 0 Å². The first-order chi connectivity index (χ1) is 8.16. The summed E-state index contributed by atoms with van der Waals surface area (Å²) in [6.45, 7) is 4.15. The minimum Gasteiger partial charge on any atom is -0.755 e. The highest BCUT2D eigenvalue weighted by atomic mass is 32.2. The molecule has 1 N–H and O–H groups in total. The van der Waals surface area contributed by atoms with Crippen LogP contribution in [0.15, 0.2) is 6.07 Å². The van der Waals surface area contributed by atoms with Gasteiger partial charge in [0.1, 0.15) is 0 Å². The van der Waals surface area contributed by atoms with Crippen LogP contribution in [0.5, 0.6) is 0 Å². The van der Waals surface area contributed by atoms with Crippen LogP contribution in [-0.2, 0) is 24.1 Å². The maximum atomic E-state index is 10.9. The smallest absolute Gasteiger partial charge is 0.0534 e. The highest BCUT2D eigenvalue weighted by Gasteiger charge is 2.28. The van der Waals surface area contributed by atoms with Crippen LogP contribution in [0, 0.1) is 6.92 Å². The van der Waals surface area contributed by atoms with Crippen molar-refractivity contribution in [1.82, 2.24) is 0 Å². The summed E-state index contributed by atoms with van der Waals surface area (Å²) in [5.74, 6) is 0. The SMILES string of the molecule is Cc1cc2c3c(c1NS(=O)[O-])CCCN3CC2. The molecule has 5 heteroatoms. The zero-order valence-electron chi connectivity index (χ0n) is 9.78. The highest BCUT2D eigenvalue weighted by molar-refractivity contribution is 7.80. The van der Waals surface area contributed by atoms with E-state index < -0.39 is 11.3 Å². The van der Waals surface area contributed by atoms with Gasteiger partial charge in [-0.05, 0) is 37.3 Å². The maximum Gasteiger partial charge on any atom is 0.0534 e. The lowest BCUT2D eigenvalue weighted by Crippen LogP contribution is -2.27. The van der Waals surface area contributed by atoms with E-state index in [2.05, 4.69) is 15.7 Å². The van der Waals surface area contributed by atoms with E-state index in [0.29, 0.717) is 0 Å². The first-order valence-electron chi connectivity index (χ1n) is 5.93. The van der Waals surface area contributed by atoms with Crippen LogP contribution < -0.4 is 9.62 Å². The summed E-state index contributed by atoms with van der Waals surface area (Å²) in [4.78, 5) is 2.38. The molecule has 1 unspecified atom stereocenters. The number of benzene rings is 1. The van der Waals surface area contributed by atoms with E-state index >= 15 is 0 Å². The molecule has 2 aliphatic heterocycles. The molecule has 17 heavy (non-hydrogen) atoms. The molecule has 3 rings (SSSR count). The Bertz CT molecular complexity index is 502. The van der Waals surface area contributed by atoms with Gasteiger partial charge in [-0.1, -0.05) is 6.07 Å². The van der Waals surface area contributed by atoms with Crippen molar-refractivity contribution in [3.63, 3.8) is 0 Å². The molecule has 0 bridgehead atoms. The van der Waals surface area contributed by atoms with Crippen LogP contribution in [0.3, 0.4) is 0 Å². The number of rotatable bonds is 2. The second-order valence-electron chi connectivity index (χ2n) is 4.73. The third-order valence-corrected chi connectivity index (χ3v) is 4.06. The molecule has 0 saturated heterocycles. The molecule has 0 spiro atoms. The van der Waals surface area contributed by atoms with Gasteiger partial charge in [-0.25, -0.2) is 0 Å². The average Bonchev–Trinajstić information content (AvgIpc) is 2.68. The Morgan fingerprint density at radius 1 is 1.41 bits per heavy atom. The van der Waals surface area contributed by atoms with Crippen molar-refractivity contribution in [2.75, 3.05) is 22.7 Å². The molecule has 4 nitrogen and oxygen atoms in total. The molecule has 1 aromatic rings.